The maximum absolute atomic E-state index is 12.4. The molecule has 0 aromatic heterocycles. The molecule has 0 aliphatic carbocycles. The molecule has 0 aromatic rings. The summed E-state index contributed by atoms with van der Waals surface area (Å²) in [5, 5.41) is 0. The quantitative estimate of drug-likeness (QED) is 0.568. The fraction of sp³-hybridized carbons (Fsp3) is 0.750. The molecule has 0 radical (unpaired) electrons. The van der Waals surface area contributed by atoms with Crippen LogP contribution in [0.5, 0.6) is 0 Å². The Balaban J connectivity index is 3.02. The first kappa shape index (κ1) is 18.6. The van der Waals surface area contributed by atoms with Crippen LogP contribution in [0.25, 0.3) is 0 Å². The molecule has 128 valence electrons. The fourth-order valence-corrected chi connectivity index (χ4v) is 2.09. The third kappa shape index (κ3) is 4.79. The Hall–Kier alpha value is -1.45. The highest BCUT2D eigenvalue weighted by molar-refractivity contribution is 7.87. The molecule has 10 heteroatoms. The minimum atomic E-state index is -5.84. The number of halogens is 3. The minimum absolute atomic E-state index is 0.00583. The van der Waals surface area contributed by atoms with Gasteiger partial charge in [-0.15, -0.1) is 0 Å². The van der Waals surface area contributed by atoms with Crippen molar-refractivity contribution in [2.45, 2.75) is 45.2 Å². The van der Waals surface area contributed by atoms with E-state index < -0.39 is 33.2 Å². The Kier molecular flexibility index (Phi) is 5.05. The number of alkyl halides is 3. The third-order valence-corrected chi connectivity index (χ3v) is 3.50. The van der Waals surface area contributed by atoms with Crippen LogP contribution in [0.1, 0.15) is 34.1 Å². The van der Waals surface area contributed by atoms with Gasteiger partial charge in [-0.1, -0.05) is 6.92 Å². The van der Waals surface area contributed by atoms with Crippen molar-refractivity contribution in [3.05, 3.63) is 12.0 Å². The van der Waals surface area contributed by atoms with Crippen LogP contribution in [0.15, 0.2) is 12.0 Å². The van der Waals surface area contributed by atoms with E-state index in [-0.39, 0.29) is 18.9 Å². The molecule has 0 N–H and O–H groups in total. The molecule has 1 aliphatic heterocycles. The van der Waals surface area contributed by atoms with Gasteiger partial charge in [0.25, 0.3) is 0 Å². The average Bonchev–Trinajstić information content (AvgIpc) is 2.27. The van der Waals surface area contributed by atoms with E-state index >= 15 is 0 Å². The van der Waals surface area contributed by atoms with Crippen molar-refractivity contribution in [1.82, 2.24) is 4.90 Å². The molecule has 0 bridgehead atoms. The van der Waals surface area contributed by atoms with Crippen LogP contribution in [0.4, 0.5) is 18.0 Å². The summed E-state index contributed by atoms with van der Waals surface area (Å²) in [6, 6.07) is 0. The first-order chi connectivity index (χ1) is 9.73. The lowest BCUT2D eigenvalue weighted by Crippen LogP contribution is -2.42. The third-order valence-electron chi connectivity index (χ3n) is 2.55. The molecule has 22 heavy (non-hydrogen) atoms. The predicted molar refractivity (Wildman–Crippen MR) is 70.9 cm³/mol. The van der Waals surface area contributed by atoms with Gasteiger partial charge in [0.15, 0.2) is 0 Å². The summed E-state index contributed by atoms with van der Waals surface area (Å²) in [5.74, 6) is -0.766. The maximum Gasteiger partial charge on any atom is 0.534 e. The zero-order chi connectivity index (χ0) is 17.3. The summed E-state index contributed by atoms with van der Waals surface area (Å²) in [7, 11) is -5.84. The van der Waals surface area contributed by atoms with E-state index in [1.165, 1.54) is 0 Å². The molecule has 1 rings (SSSR count). The highest BCUT2D eigenvalue weighted by Gasteiger charge is 2.50. The zero-order valence-corrected chi connectivity index (χ0v) is 13.4. The molecule has 1 amide bonds. The van der Waals surface area contributed by atoms with Crippen molar-refractivity contribution in [3.8, 4) is 0 Å². The molecule has 0 saturated carbocycles. The summed E-state index contributed by atoms with van der Waals surface area (Å²) >= 11 is 0. The van der Waals surface area contributed by atoms with Gasteiger partial charge in [0.05, 0.1) is 0 Å². The van der Waals surface area contributed by atoms with Crippen LogP contribution < -0.4 is 0 Å². The highest BCUT2D eigenvalue weighted by atomic mass is 32.2. The smallest absolute Gasteiger partial charge is 0.443 e. The number of ether oxygens (including phenoxy) is 1. The number of hydrogen-bond acceptors (Lipinski definition) is 5. The van der Waals surface area contributed by atoms with E-state index in [1.54, 1.807) is 27.7 Å². The monoisotopic (exact) mass is 345 g/mol. The number of nitrogens with zero attached hydrogens (tertiary/aromatic N) is 1. The largest absolute Gasteiger partial charge is 0.534 e. The summed E-state index contributed by atoms with van der Waals surface area (Å²) in [6.07, 6.45) is 0.436. The number of carbonyl (C=O) groups excluding carboxylic acids is 1. The van der Waals surface area contributed by atoms with Gasteiger partial charge in [0.2, 0.25) is 5.88 Å². The number of rotatable bonds is 2. The maximum atomic E-state index is 12.4. The van der Waals surface area contributed by atoms with E-state index in [1.807, 2.05) is 0 Å². The van der Waals surface area contributed by atoms with Gasteiger partial charge < -0.3 is 8.92 Å². The van der Waals surface area contributed by atoms with Crippen LogP contribution in [0.3, 0.4) is 0 Å². The molecular formula is C12H18F3NO5S. The van der Waals surface area contributed by atoms with Crippen LogP contribution in [0, 0.1) is 5.92 Å². The van der Waals surface area contributed by atoms with Crippen molar-refractivity contribution in [3.63, 3.8) is 0 Å². The standard InChI is InChI=1S/C12H18F3NO5S/c1-8-5-6-9(21-22(18,19)12(13,14)15)16(7-8)10(17)20-11(2,3)4/h6,8H,5,7H2,1-4H3. The number of amides is 1. The Labute approximate surface area is 127 Å². The summed E-state index contributed by atoms with van der Waals surface area (Å²) in [6.45, 7) is 6.48. The Morgan fingerprint density at radius 3 is 2.32 bits per heavy atom. The second-order valence-corrected chi connectivity index (χ2v) is 7.50. The Bertz CT molecular complexity index is 562. The van der Waals surface area contributed by atoms with Gasteiger partial charge in [-0.05, 0) is 39.2 Å². The lowest BCUT2D eigenvalue weighted by molar-refractivity contribution is -0.0545. The second kappa shape index (κ2) is 5.98. The van der Waals surface area contributed by atoms with E-state index in [2.05, 4.69) is 4.18 Å². The first-order valence-corrected chi connectivity index (χ1v) is 7.85. The fourth-order valence-electron chi connectivity index (χ4n) is 1.61. The molecule has 6 nitrogen and oxygen atoms in total. The number of carbonyl (C=O) groups is 1. The summed E-state index contributed by atoms with van der Waals surface area (Å²) in [5.41, 5.74) is -6.46. The predicted octanol–water partition coefficient (Wildman–Crippen LogP) is 2.97. The molecule has 0 aromatic carbocycles. The minimum Gasteiger partial charge on any atom is -0.443 e. The van der Waals surface area contributed by atoms with Crippen LogP contribution in [-0.2, 0) is 19.0 Å². The highest BCUT2D eigenvalue weighted by Crippen LogP contribution is 2.30. The second-order valence-electron chi connectivity index (χ2n) is 5.96. The van der Waals surface area contributed by atoms with E-state index in [0.29, 0.717) is 0 Å². The number of allylic oxidation sites excluding steroid dienone is 1. The van der Waals surface area contributed by atoms with Crippen molar-refractivity contribution in [1.29, 1.82) is 0 Å². The zero-order valence-electron chi connectivity index (χ0n) is 12.6. The molecule has 0 fully saturated rings. The lowest BCUT2D eigenvalue weighted by Gasteiger charge is -2.32. The lowest BCUT2D eigenvalue weighted by atomic mass is 10.0. The van der Waals surface area contributed by atoms with Gasteiger partial charge >= 0.3 is 21.7 Å². The van der Waals surface area contributed by atoms with Gasteiger partial charge in [-0.3, -0.25) is 0 Å². The SMILES string of the molecule is CC1CC=C(OS(=O)(=O)C(F)(F)F)N(C(=O)OC(C)(C)C)C1. The number of hydrogen-bond donors (Lipinski definition) is 0. The van der Waals surface area contributed by atoms with Crippen molar-refractivity contribution >= 4 is 16.2 Å². The summed E-state index contributed by atoms with van der Waals surface area (Å²) in [4.78, 5) is 12.8. The van der Waals surface area contributed by atoms with E-state index in [0.717, 1.165) is 11.0 Å². The van der Waals surface area contributed by atoms with Crippen molar-refractivity contribution in [2.24, 2.45) is 5.92 Å². The van der Waals surface area contributed by atoms with Crippen LogP contribution in [0.2, 0.25) is 0 Å². The normalized spacial score (nSPS) is 20.4. The molecule has 1 aliphatic rings. The molecule has 1 atom stereocenters. The van der Waals surface area contributed by atoms with Crippen molar-refractivity contribution < 1.29 is 35.3 Å². The Morgan fingerprint density at radius 2 is 1.86 bits per heavy atom. The van der Waals surface area contributed by atoms with Gasteiger partial charge in [0, 0.05) is 6.54 Å². The molecule has 0 saturated heterocycles. The average molecular weight is 345 g/mol. The van der Waals surface area contributed by atoms with Crippen LogP contribution in [-0.4, -0.2) is 37.1 Å². The van der Waals surface area contributed by atoms with Gasteiger partial charge in [-0.2, -0.15) is 21.6 Å². The van der Waals surface area contributed by atoms with Gasteiger partial charge in [-0.25, -0.2) is 9.69 Å². The summed E-state index contributed by atoms with van der Waals surface area (Å²) < 4.78 is 68.5. The van der Waals surface area contributed by atoms with Gasteiger partial charge in [0.1, 0.15) is 5.60 Å². The van der Waals surface area contributed by atoms with Crippen LogP contribution >= 0.6 is 0 Å². The van der Waals surface area contributed by atoms with E-state index in [4.69, 9.17) is 4.74 Å². The molecule has 1 heterocycles. The van der Waals surface area contributed by atoms with Crippen molar-refractivity contribution in [2.75, 3.05) is 6.54 Å². The van der Waals surface area contributed by atoms with E-state index in [9.17, 15) is 26.4 Å². The Morgan fingerprint density at radius 1 is 1.32 bits per heavy atom. The molecular weight excluding hydrogens is 327 g/mol. The first-order valence-electron chi connectivity index (χ1n) is 6.44. The topological polar surface area (TPSA) is 72.9 Å². The molecule has 0 spiro atoms. The molecule has 1 unspecified atom stereocenters.